The summed E-state index contributed by atoms with van der Waals surface area (Å²) < 4.78 is 0. The van der Waals surface area contributed by atoms with Crippen LogP contribution in [0.25, 0.3) is 0 Å². The van der Waals surface area contributed by atoms with Gasteiger partial charge in [-0.15, -0.1) is 11.8 Å². The third-order valence-corrected chi connectivity index (χ3v) is 3.94. The second-order valence-corrected chi connectivity index (χ2v) is 5.86. The fourth-order valence-electron chi connectivity index (χ4n) is 1.73. The Morgan fingerprint density at radius 2 is 2.00 bits per heavy atom. The number of hydrogen-bond acceptors (Lipinski definition) is 3. The van der Waals surface area contributed by atoms with Gasteiger partial charge in [-0.1, -0.05) is 32.9 Å². The summed E-state index contributed by atoms with van der Waals surface area (Å²) in [5.41, 5.74) is 7.02. The molecule has 17 heavy (non-hydrogen) atoms. The molecular formula is C14H24N2S. The Hall–Kier alpha value is -0.670. The number of nitrogens with two attached hydrogens (primary N) is 1. The number of anilines is 1. The van der Waals surface area contributed by atoms with Gasteiger partial charge in [0.25, 0.3) is 0 Å². The van der Waals surface area contributed by atoms with Gasteiger partial charge in [-0.2, -0.15) is 0 Å². The van der Waals surface area contributed by atoms with Crippen molar-refractivity contribution in [2.24, 2.45) is 17.6 Å². The van der Waals surface area contributed by atoms with E-state index >= 15 is 0 Å². The third kappa shape index (κ3) is 4.60. The minimum absolute atomic E-state index is 0.537. The fourth-order valence-corrected chi connectivity index (χ4v) is 2.51. The number of benzene rings is 1. The molecule has 0 aliphatic carbocycles. The highest BCUT2D eigenvalue weighted by Crippen LogP contribution is 2.27. The summed E-state index contributed by atoms with van der Waals surface area (Å²) in [5, 5.41) is 3.53. The van der Waals surface area contributed by atoms with Crippen LogP contribution in [0, 0.1) is 11.8 Å². The number of hydrogen-bond donors (Lipinski definition) is 2. The van der Waals surface area contributed by atoms with E-state index in [4.69, 9.17) is 5.73 Å². The van der Waals surface area contributed by atoms with Gasteiger partial charge in [-0.05, 0) is 36.3 Å². The SMILES string of the molecule is CCSc1ccccc1NCC(CN)C(C)C. The van der Waals surface area contributed by atoms with Gasteiger partial charge in [-0.25, -0.2) is 0 Å². The second-order valence-electron chi connectivity index (χ2n) is 4.55. The standard InChI is InChI=1S/C14H24N2S/c1-4-17-14-8-6-5-7-13(14)16-10-12(9-15)11(2)3/h5-8,11-12,16H,4,9-10,15H2,1-3H3. The molecule has 0 aromatic heterocycles. The van der Waals surface area contributed by atoms with E-state index in [9.17, 15) is 0 Å². The predicted molar refractivity (Wildman–Crippen MR) is 78.7 cm³/mol. The zero-order chi connectivity index (χ0) is 12.7. The summed E-state index contributed by atoms with van der Waals surface area (Å²) in [6.07, 6.45) is 0. The molecule has 0 aliphatic rings. The van der Waals surface area contributed by atoms with Crippen LogP contribution in [0.5, 0.6) is 0 Å². The lowest BCUT2D eigenvalue weighted by atomic mass is 9.96. The van der Waals surface area contributed by atoms with Gasteiger partial charge in [0, 0.05) is 17.1 Å². The van der Waals surface area contributed by atoms with Crippen molar-refractivity contribution in [1.82, 2.24) is 0 Å². The molecule has 1 rings (SSSR count). The van der Waals surface area contributed by atoms with Crippen molar-refractivity contribution in [3.8, 4) is 0 Å². The fraction of sp³-hybridized carbons (Fsp3) is 0.571. The predicted octanol–water partition coefficient (Wildman–Crippen LogP) is 3.44. The van der Waals surface area contributed by atoms with Crippen LogP contribution >= 0.6 is 11.8 Å². The summed E-state index contributed by atoms with van der Waals surface area (Å²) in [7, 11) is 0. The molecule has 0 bridgehead atoms. The molecule has 2 nitrogen and oxygen atoms in total. The molecule has 96 valence electrons. The summed E-state index contributed by atoms with van der Waals surface area (Å²) in [6, 6.07) is 8.48. The van der Waals surface area contributed by atoms with Crippen LogP contribution in [-0.4, -0.2) is 18.8 Å². The smallest absolute Gasteiger partial charge is 0.0478 e. The first-order valence-electron chi connectivity index (χ1n) is 6.34. The molecule has 1 aromatic rings. The van der Waals surface area contributed by atoms with Crippen LogP contribution in [0.1, 0.15) is 20.8 Å². The van der Waals surface area contributed by atoms with Crippen LogP contribution < -0.4 is 11.1 Å². The number of para-hydroxylation sites is 1. The number of nitrogens with one attached hydrogen (secondary N) is 1. The van der Waals surface area contributed by atoms with Crippen molar-refractivity contribution in [3.05, 3.63) is 24.3 Å². The lowest BCUT2D eigenvalue weighted by Gasteiger charge is -2.21. The lowest BCUT2D eigenvalue weighted by Crippen LogP contribution is -2.27. The van der Waals surface area contributed by atoms with Crippen molar-refractivity contribution < 1.29 is 0 Å². The molecule has 0 saturated heterocycles. The number of thioether (sulfide) groups is 1. The second kappa shape index (κ2) is 7.62. The Morgan fingerprint density at radius 1 is 1.29 bits per heavy atom. The first-order chi connectivity index (χ1) is 8.19. The van der Waals surface area contributed by atoms with Crippen LogP contribution in [-0.2, 0) is 0 Å². The highest BCUT2D eigenvalue weighted by Gasteiger charge is 2.11. The normalized spacial score (nSPS) is 12.8. The van der Waals surface area contributed by atoms with Crippen LogP contribution in [0.4, 0.5) is 5.69 Å². The van der Waals surface area contributed by atoms with Crippen LogP contribution in [0.3, 0.4) is 0 Å². The maximum absolute atomic E-state index is 5.79. The van der Waals surface area contributed by atoms with Crippen molar-refractivity contribution in [2.45, 2.75) is 25.7 Å². The summed E-state index contributed by atoms with van der Waals surface area (Å²) >= 11 is 1.88. The van der Waals surface area contributed by atoms with E-state index in [1.165, 1.54) is 10.6 Å². The maximum Gasteiger partial charge on any atom is 0.0478 e. The highest BCUT2D eigenvalue weighted by atomic mass is 32.2. The van der Waals surface area contributed by atoms with Crippen molar-refractivity contribution in [2.75, 3.05) is 24.2 Å². The number of rotatable bonds is 7. The molecule has 0 heterocycles. The Labute approximate surface area is 109 Å². The van der Waals surface area contributed by atoms with E-state index < -0.39 is 0 Å². The Morgan fingerprint density at radius 3 is 2.59 bits per heavy atom. The van der Waals surface area contributed by atoms with Gasteiger partial charge in [0.2, 0.25) is 0 Å². The summed E-state index contributed by atoms with van der Waals surface area (Å²) in [5.74, 6) is 2.26. The minimum Gasteiger partial charge on any atom is -0.384 e. The maximum atomic E-state index is 5.79. The van der Waals surface area contributed by atoms with Gasteiger partial charge < -0.3 is 11.1 Å². The molecule has 0 fully saturated rings. The molecule has 0 saturated carbocycles. The van der Waals surface area contributed by atoms with E-state index in [1.807, 2.05) is 11.8 Å². The molecule has 0 amide bonds. The van der Waals surface area contributed by atoms with Crippen molar-refractivity contribution in [3.63, 3.8) is 0 Å². The van der Waals surface area contributed by atoms with Gasteiger partial charge in [0.15, 0.2) is 0 Å². The molecule has 0 aliphatic heterocycles. The molecule has 1 unspecified atom stereocenters. The largest absolute Gasteiger partial charge is 0.384 e. The van der Waals surface area contributed by atoms with E-state index in [2.05, 4.69) is 50.4 Å². The average molecular weight is 252 g/mol. The summed E-state index contributed by atoms with van der Waals surface area (Å²) in [4.78, 5) is 1.33. The Bertz CT molecular complexity index is 326. The van der Waals surface area contributed by atoms with Crippen LogP contribution in [0.15, 0.2) is 29.2 Å². The lowest BCUT2D eigenvalue weighted by molar-refractivity contribution is 0.413. The van der Waals surface area contributed by atoms with Crippen molar-refractivity contribution in [1.29, 1.82) is 0 Å². The molecule has 1 atom stereocenters. The first kappa shape index (κ1) is 14.4. The quantitative estimate of drug-likeness (QED) is 0.730. The molecule has 0 radical (unpaired) electrons. The van der Waals surface area contributed by atoms with Gasteiger partial charge in [0.05, 0.1) is 0 Å². The van der Waals surface area contributed by atoms with Gasteiger partial charge >= 0.3 is 0 Å². The van der Waals surface area contributed by atoms with Crippen molar-refractivity contribution >= 4 is 17.4 Å². The third-order valence-electron chi connectivity index (χ3n) is 2.99. The van der Waals surface area contributed by atoms with E-state index in [0.717, 1.165) is 18.8 Å². The zero-order valence-corrected chi connectivity index (χ0v) is 11.9. The monoisotopic (exact) mass is 252 g/mol. The molecule has 3 heteroatoms. The summed E-state index contributed by atoms with van der Waals surface area (Å²) in [6.45, 7) is 8.33. The molecule has 0 spiro atoms. The van der Waals surface area contributed by atoms with E-state index in [-0.39, 0.29) is 0 Å². The Kier molecular flexibility index (Phi) is 6.45. The van der Waals surface area contributed by atoms with Crippen LogP contribution in [0.2, 0.25) is 0 Å². The Balaban J connectivity index is 2.61. The molecule has 1 aromatic carbocycles. The van der Waals surface area contributed by atoms with E-state index in [1.54, 1.807) is 0 Å². The van der Waals surface area contributed by atoms with E-state index in [0.29, 0.717) is 11.8 Å². The zero-order valence-electron chi connectivity index (χ0n) is 11.1. The molecular weight excluding hydrogens is 228 g/mol. The van der Waals surface area contributed by atoms with Gasteiger partial charge in [0.1, 0.15) is 0 Å². The first-order valence-corrected chi connectivity index (χ1v) is 7.33. The highest BCUT2D eigenvalue weighted by molar-refractivity contribution is 7.99. The topological polar surface area (TPSA) is 38.0 Å². The minimum atomic E-state index is 0.537. The van der Waals surface area contributed by atoms with Gasteiger partial charge in [-0.3, -0.25) is 0 Å². The average Bonchev–Trinajstić information content (AvgIpc) is 2.32. The molecule has 3 N–H and O–H groups in total.